The van der Waals surface area contributed by atoms with E-state index in [2.05, 4.69) is 0 Å². The molecule has 9 heteroatoms. The summed E-state index contributed by atoms with van der Waals surface area (Å²) in [7, 11) is 1.59. The molecule has 0 saturated carbocycles. The zero-order valence-corrected chi connectivity index (χ0v) is 22.0. The van der Waals surface area contributed by atoms with E-state index in [1.54, 1.807) is 59.7 Å². The summed E-state index contributed by atoms with van der Waals surface area (Å²) in [5.74, 6) is -0.323. The first kappa shape index (κ1) is 27.6. The van der Waals surface area contributed by atoms with E-state index in [0.717, 1.165) is 16.0 Å². The fourth-order valence-electron chi connectivity index (χ4n) is 3.50. The minimum absolute atomic E-state index is 0.0991. The average Bonchev–Trinajstić information content (AvgIpc) is 3.28. The fraction of sp³-hybridized carbons (Fsp3) is 0.333. The van der Waals surface area contributed by atoms with Crippen molar-refractivity contribution in [3.8, 4) is 5.75 Å². The van der Waals surface area contributed by atoms with Gasteiger partial charge >= 0.3 is 0 Å². The van der Waals surface area contributed by atoms with Gasteiger partial charge in [0.05, 0.1) is 13.1 Å². The maximum absolute atomic E-state index is 13.5. The van der Waals surface area contributed by atoms with Crippen molar-refractivity contribution in [2.45, 2.75) is 26.4 Å². The molecule has 6 nitrogen and oxygen atoms in total. The first-order chi connectivity index (χ1) is 17.4. The van der Waals surface area contributed by atoms with Gasteiger partial charge in [-0.2, -0.15) is 0 Å². The largest absolute Gasteiger partial charge is 0.484 e. The molecule has 0 aliphatic heterocycles. The Kier molecular flexibility index (Phi) is 10.7. The number of amides is 2. The number of carbonyl (C=O) groups is 2. The Morgan fingerprint density at radius 1 is 0.972 bits per heavy atom. The highest BCUT2D eigenvalue weighted by molar-refractivity contribution is 7.10. The third-order valence-corrected chi connectivity index (χ3v) is 6.83. The van der Waals surface area contributed by atoms with Gasteiger partial charge in [-0.1, -0.05) is 23.7 Å². The van der Waals surface area contributed by atoms with Gasteiger partial charge in [-0.3, -0.25) is 9.59 Å². The molecule has 192 valence electrons. The molecule has 0 spiro atoms. The lowest BCUT2D eigenvalue weighted by atomic mass is 10.2. The van der Waals surface area contributed by atoms with Crippen LogP contribution < -0.4 is 4.74 Å². The van der Waals surface area contributed by atoms with Crippen LogP contribution in [-0.2, 0) is 27.4 Å². The molecule has 0 unspecified atom stereocenters. The van der Waals surface area contributed by atoms with Crippen LogP contribution in [0, 0.1) is 12.7 Å². The van der Waals surface area contributed by atoms with Crippen molar-refractivity contribution in [3.05, 3.63) is 86.8 Å². The van der Waals surface area contributed by atoms with Gasteiger partial charge in [0.1, 0.15) is 11.6 Å². The second-order valence-electron chi connectivity index (χ2n) is 8.31. The first-order valence-corrected chi connectivity index (χ1v) is 12.8. The van der Waals surface area contributed by atoms with Gasteiger partial charge in [-0.05, 0) is 72.3 Å². The van der Waals surface area contributed by atoms with Crippen LogP contribution in [0.15, 0.2) is 60.0 Å². The highest BCUT2D eigenvalue weighted by Gasteiger charge is 2.23. The Balaban J connectivity index is 1.72. The van der Waals surface area contributed by atoms with Crippen molar-refractivity contribution in [2.75, 3.05) is 33.4 Å². The van der Waals surface area contributed by atoms with E-state index in [-0.39, 0.29) is 30.8 Å². The van der Waals surface area contributed by atoms with Gasteiger partial charge in [0.2, 0.25) is 5.91 Å². The van der Waals surface area contributed by atoms with Gasteiger partial charge in [0, 0.05) is 36.7 Å². The molecule has 0 aliphatic rings. The SMILES string of the molecule is COCCCN(CC(=O)N(Cc1ccc(F)cc1)Cc1sccc1C)C(=O)COc1ccc(Cl)cc1. The molecule has 0 aliphatic carbocycles. The van der Waals surface area contributed by atoms with Crippen LogP contribution in [0.5, 0.6) is 5.75 Å². The number of hydrogen-bond acceptors (Lipinski definition) is 5. The van der Waals surface area contributed by atoms with E-state index in [1.807, 2.05) is 18.4 Å². The minimum atomic E-state index is -0.332. The summed E-state index contributed by atoms with van der Waals surface area (Å²) in [6, 6.07) is 14.8. The van der Waals surface area contributed by atoms with E-state index in [0.29, 0.717) is 43.4 Å². The quantitative estimate of drug-likeness (QED) is 0.279. The third kappa shape index (κ3) is 8.62. The number of aryl methyl sites for hydroxylation is 1. The molecule has 3 rings (SSSR count). The molecular weight excluding hydrogens is 503 g/mol. The number of carbonyl (C=O) groups excluding carboxylic acids is 2. The highest BCUT2D eigenvalue weighted by Crippen LogP contribution is 2.20. The zero-order valence-electron chi connectivity index (χ0n) is 20.4. The lowest BCUT2D eigenvalue weighted by Crippen LogP contribution is -2.44. The lowest BCUT2D eigenvalue weighted by Gasteiger charge is -2.28. The maximum atomic E-state index is 13.5. The molecule has 2 amide bonds. The molecule has 0 N–H and O–H groups in total. The molecule has 0 bridgehead atoms. The summed E-state index contributed by atoms with van der Waals surface area (Å²) in [4.78, 5) is 30.8. The number of hydrogen-bond donors (Lipinski definition) is 0. The molecule has 0 atom stereocenters. The Morgan fingerprint density at radius 2 is 1.69 bits per heavy atom. The summed E-state index contributed by atoms with van der Waals surface area (Å²) >= 11 is 7.48. The Hall–Kier alpha value is -2.94. The Morgan fingerprint density at radius 3 is 2.33 bits per heavy atom. The van der Waals surface area contributed by atoms with Crippen LogP contribution in [-0.4, -0.2) is 55.0 Å². The van der Waals surface area contributed by atoms with Crippen molar-refractivity contribution in [2.24, 2.45) is 0 Å². The van der Waals surface area contributed by atoms with Gasteiger partial charge in [-0.25, -0.2) is 4.39 Å². The van der Waals surface area contributed by atoms with E-state index >= 15 is 0 Å². The average molecular weight is 533 g/mol. The molecule has 1 aromatic heterocycles. The standard InChI is InChI=1S/C27H30ClFN2O4S/c1-20-12-15-36-25(20)17-31(16-21-4-8-23(29)9-5-21)26(32)18-30(13-3-14-34-2)27(33)19-35-24-10-6-22(28)7-11-24/h4-12,15H,3,13-14,16-19H2,1-2H3. The van der Waals surface area contributed by atoms with E-state index in [4.69, 9.17) is 21.1 Å². The summed E-state index contributed by atoms with van der Waals surface area (Å²) < 4.78 is 24.2. The normalized spacial score (nSPS) is 10.8. The smallest absolute Gasteiger partial charge is 0.260 e. The van der Waals surface area contributed by atoms with Crippen molar-refractivity contribution in [3.63, 3.8) is 0 Å². The van der Waals surface area contributed by atoms with Crippen LogP contribution >= 0.6 is 22.9 Å². The van der Waals surface area contributed by atoms with Crippen molar-refractivity contribution >= 4 is 34.8 Å². The molecule has 0 fully saturated rings. The molecular formula is C27H30ClFN2O4S. The molecule has 2 aromatic carbocycles. The van der Waals surface area contributed by atoms with Crippen LogP contribution in [0.2, 0.25) is 5.02 Å². The fourth-order valence-corrected chi connectivity index (χ4v) is 4.55. The number of halogens is 2. The van der Waals surface area contributed by atoms with E-state index in [9.17, 15) is 14.0 Å². The molecule has 3 aromatic rings. The van der Waals surface area contributed by atoms with Crippen molar-refractivity contribution in [1.82, 2.24) is 9.80 Å². The third-order valence-electron chi connectivity index (χ3n) is 5.57. The van der Waals surface area contributed by atoms with Gasteiger partial charge in [0.25, 0.3) is 5.91 Å². The Bertz CT molecular complexity index is 1120. The predicted molar refractivity (Wildman–Crippen MR) is 140 cm³/mol. The van der Waals surface area contributed by atoms with Gasteiger partial charge < -0.3 is 19.3 Å². The van der Waals surface area contributed by atoms with E-state index < -0.39 is 0 Å². The molecule has 0 saturated heterocycles. The van der Waals surface area contributed by atoms with Crippen LogP contribution in [0.25, 0.3) is 0 Å². The van der Waals surface area contributed by atoms with Gasteiger partial charge in [-0.15, -0.1) is 11.3 Å². The topological polar surface area (TPSA) is 59.1 Å². The lowest BCUT2D eigenvalue weighted by molar-refractivity contribution is -0.142. The number of rotatable bonds is 13. The second-order valence-corrected chi connectivity index (χ2v) is 9.74. The summed E-state index contributed by atoms with van der Waals surface area (Å²) in [5.41, 5.74) is 1.91. The number of benzene rings is 2. The maximum Gasteiger partial charge on any atom is 0.260 e. The first-order valence-electron chi connectivity index (χ1n) is 11.6. The molecule has 0 radical (unpaired) electrons. The highest BCUT2D eigenvalue weighted by atomic mass is 35.5. The Labute approximate surface area is 220 Å². The zero-order chi connectivity index (χ0) is 25.9. The van der Waals surface area contributed by atoms with Crippen LogP contribution in [0.3, 0.4) is 0 Å². The number of ether oxygens (including phenoxy) is 2. The summed E-state index contributed by atoms with van der Waals surface area (Å²) in [5, 5.41) is 2.56. The molecule has 1 heterocycles. The van der Waals surface area contributed by atoms with Crippen LogP contribution in [0.4, 0.5) is 4.39 Å². The number of thiophene rings is 1. The van der Waals surface area contributed by atoms with Gasteiger partial charge in [0.15, 0.2) is 6.61 Å². The monoisotopic (exact) mass is 532 g/mol. The number of methoxy groups -OCH3 is 1. The van der Waals surface area contributed by atoms with E-state index in [1.165, 1.54) is 17.0 Å². The second kappa shape index (κ2) is 14.0. The minimum Gasteiger partial charge on any atom is -0.484 e. The van der Waals surface area contributed by atoms with Crippen LogP contribution in [0.1, 0.15) is 22.4 Å². The summed E-state index contributed by atoms with van der Waals surface area (Å²) in [6.07, 6.45) is 0.582. The number of nitrogens with zero attached hydrogens (tertiary/aromatic N) is 2. The molecule has 36 heavy (non-hydrogen) atoms. The summed E-state index contributed by atoms with van der Waals surface area (Å²) in [6.45, 7) is 3.22. The predicted octanol–water partition coefficient (Wildman–Crippen LogP) is 5.32. The van der Waals surface area contributed by atoms with Crippen molar-refractivity contribution in [1.29, 1.82) is 0 Å². The van der Waals surface area contributed by atoms with Crippen molar-refractivity contribution < 1.29 is 23.5 Å².